The minimum Gasteiger partial charge on any atom is -0.494 e. The summed E-state index contributed by atoms with van der Waals surface area (Å²) in [7, 11) is -3.88. The summed E-state index contributed by atoms with van der Waals surface area (Å²) >= 11 is 12.6. The van der Waals surface area contributed by atoms with Crippen LogP contribution in [0, 0.1) is 5.92 Å². The monoisotopic (exact) mass is 633 g/mol. The van der Waals surface area contributed by atoms with Crippen molar-refractivity contribution in [3.63, 3.8) is 0 Å². The summed E-state index contributed by atoms with van der Waals surface area (Å²) in [5, 5.41) is 3.70. The predicted octanol–water partition coefficient (Wildman–Crippen LogP) is 5.57. The first kappa shape index (κ1) is 33.2. The lowest BCUT2D eigenvalue weighted by molar-refractivity contribution is -0.140. The van der Waals surface area contributed by atoms with Crippen molar-refractivity contribution in [2.24, 2.45) is 5.92 Å². The highest BCUT2D eigenvalue weighted by atomic mass is 35.5. The van der Waals surface area contributed by atoms with Gasteiger partial charge in [0.15, 0.2) is 0 Å². The van der Waals surface area contributed by atoms with E-state index in [9.17, 15) is 18.0 Å². The van der Waals surface area contributed by atoms with Gasteiger partial charge in [-0.05, 0) is 60.4 Å². The molecule has 226 valence electrons. The highest BCUT2D eigenvalue weighted by Gasteiger charge is 2.33. The van der Waals surface area contributed by atoms with E-state index in [1.807, 2.05) is 51.1 Å². The number of ether oxygens (including phenoxy) is 1. The van der Waals surface area contributed by atoms with Crippen LogP contribution in [0.2, 0.25) is 10.0 Å². The van der Waals surface area contributed by atoms with Crippen molar-refractivity contribution in [2.75, 3.05) is 30.3 Å². The SMILES string of the molecule is CCOc1ccc(N(CC(=O)N(Cc2ccc(Cl)cc2Cl)C(Cc2ccccc2)C(=O)NCC(C)C)S(C)(=O)=O)cc1. The number of rotatable bonds is 14. The molecule has 1 N–H and O–H groups in total. The average Bonchev–Trinajstić information content (AvgIpc) is 2.94. The van der Waals surface area contributed by atoms with Gasteiger partial charge < -0.3 is 15.0 Å². The molecule has 0 saturated heterocycles. The lowest BCUT2D eigenvalue weighted by atomic mass is 10.0. The normalized spacial score (nSPS) is 12.1. The van der Waals surface area contributed by atoms with Gasteiger partial charge in [-0.1, -0.05) is 73.4 Å². The lowest BCUT2D eigenvalue weighted by Crippen LogP contribution is -2.53. The number of anilines is 1. The summed E-state index contributed by atoms with van der Waals surface area (Å²) in [6.45, 7) is 6.10. The molecular formula is C31H37Cl2N3O5S. The first-order chi connectivity index (χ1) is 19.9. The largest absolute Gasteiger partial charge is 0.494 e. The molecule has 1 unspecified atom stereocenters. The molecule has 0 aliphatic carbocycles. The van der Waals surface area contributed by atoms with Gasteiger partial charge in [-0.25, -0.2) is 8.42 Å². The third-order valence-corrected chi connectivity index (χ3v) is 8.15. The number of amides is 2. The number of nitrogens with one attached hydrogen (secondary N) is 1. The summed E-state index contributed by atoms with van der Waals surface area (Å²) in [4.78, 5) is 29.2. The minimum absolute atomic E-state index is 0.0394. The van der Waals surface area contributed by atoms with Crippen molar-refractivity contribution in [1.29, 1.82) is 0 Å². The van der Waals surface area contributed by atoms with Crippen molar-refractivity contribution in [2.45, 2.75) is 39.8 Å². The second-order valence-corrected chi connectivity index (χ2v) is 13.0. The number of hydrogen-bond donors (Lipinski definition) is 1. The van der Waals surface area contributed by atoms with E-state index in [0.717, 1.165) is 16.1 Å². The van der Waals surface area contributed by atoms with Crippen LogP contribution in [0.4, 0.5) is 5.69 Å². The molecule has 42 heavy (non-hydrogen) atoms. The fourth-order valence-electron chi connectivity index (χ4n) is 4.30. The molecule has 0 fully saturated rings. The number of halogens is 2. The van der Waals surface area contributed by atoms with E-state index < -0.39 is 28.5 Å². The molecule has 3 aromatic carbocycles. The van der Waals surface area contributed by atoms with Gasteiger partial charge in [-0.2, -0.15) is 0 Å². The number of hydrogen-bond acceptors (Lipinski definition) is 5. The molecule has 3 rings (SSSR count). The van der Waals surface area contributed by atoms with E-state index in [2.05, 4.69) is 5.32 Å². The van der Waals surface area contributed by atoms with Crippen molar-refractivity contribution >= 4 is 50.7 Å². The van der Waals surface area contributed by atoms with Crippen molar-refractivity contribution in [1.82, 2.24) is 10.2 Å². The highest BCUT2D eigenvalue weighted by Crippen LogP contribution is 2.26. The highest BCUT2D eigenvalue weighted by molar-refractivity contribution is 7.92. The Kier molecular flexibility index (Phi) is 12.1. The zero-order valence-electron chi connectivity index (χ0n) is 24.2. The Morgan fingerprint density at radius 3 is 2.21 bits per heavy atom. The Morgan fingerprint density at radius 2 is 1.64 bits per heavy atom. The van der Waals surface area contributed by atoms with Crippen LogP contribution in [0.15, 0.2) is 72.8 Å². The van der Waals surface area contributed by atoms with Gasteiger partial charge in [0.1, 0.15) is 18.3 Å². The average molecular weight is 635 g/mol. The molecular weight excluding hydrogens is 597 g/mol. The minimum atomic E-state index is -3.88. The predicted molar refractivity (Wildman–Crippen MR) is 169 cm³/mol. The molecule has 0 spiro atoms. The van der Waals surface area contributed by atoms with Gasteiger partial charge in [-0.15, -0.1) is 0 Å². The smallest absolute Gasteiger partial charge is 0.244 e. The molecule has 0 bridgehead atoms. The topological polar surface area (TPSA) is 96.0 Å². The van der Waals surface area contributed by atoms with Crippen LogP contribution < -0.4 is 14.4 Å². The summed E-state index contributed by atoms with van der Waals surface area (Å²) in [5.74, 6) is -0.162. The summed E-state index contributed by atoms with van der Waals surface area (Å²) in [6, 6.07) is 19.7. The van der Waals surface area contributed by atoms with E-state index in [0.29, 0.717) is 40.2 Å². The quantitative estimate of drug-likeness (QED) is 0.250. The zero-order chi connectivity index (χ0) is 30.9. The van der Waals surface area contributed by atoms with Gasteiger partial charge >= 0.3 is 0 Å². The molecule has 0 aliphatic rings. The first-order valence-electron chi connectivity index (χ1n) is 13.6. The van der Waals surface area contributed by atoms with Crippen LogP contribution in [-0.2, 0) is 32.6 Å². The van der Waals surface area contributed by atoms with Gasteiger partial charge in [-0.3, -0.25) is 13.9 Å². The van der Waals surface area contributed by atoms with Crippen LogP contribution in [0.5, 0.6) is 5.75 Å². The Bertz CT molecular complexity index is 1450. The third kappa shape index (κ3) is 9.64. The summed E-state index contributed by atoms with van der Waals surface area (Å²) in [6.07, 6.45) is 1.25. The molecule has 0 aromatic heterocycles. The van der Waals surface area contributed by atoms with Crippen molar-refractivity contribution in [3.8, 4) is 5.75 Å². The van der Waals surface area contributed by atoms with Crippen LogP contribution in [0.3, 0.4) is 0 Å². The van der Waals surface area contributed by atoms with E-state index in [1.165, 1.54) is 4.90 Å². The fraction of sp³-hybridized carbons (Fsp3) is 0.355. The molecule has 2 amide bonds. The van der Waals surface area contributed by atoms with Crippen molar-refractivity contribution < 1.29 is 22.7 Å². The maximum Gasteiger partial charge on any atom is 0.244 e. The maximum atomic E-state index is 14.1. The molecule has 8 nitrogen and oxygen atoms in total. The van der Waals surface area contributed by atoms with Crippen LogP contribution >= 0.6 is 23.2 Å². The number of sulfonamides is 1. The van der Waals surface area contributed by atoms with Crippen LogP contribution in [0.25, 0.3) is 0 Å². The Labute approximate surface area is 258 Å². The van der Waals surface area contributed by atoms with E-state index in [4.69, 9.17) is 27.9 Å². The molecule has 0 aliphatic heterocycles. The van der Waals surface area contributed by atoms with Crippen LogP contribution in [0.1, 0.15) is 31.9 Å². The Hall–Kier alpha value is -3.27. The van der Waals surface area contributed by atoms with Crippen LogP contribution in [-0.4, -0.2) is 57.1 Å². The number of carbonyl (C=O) groups excluding carboxylic acids is 2. The zero-order valence-corrected chi connectivity index (χ0v) is 26.5. The van der Waals surface area contributed by atoms with Crippen molar-refractivity contribution in [3.05, 3.63) is 94.0 Å². The Balaban J connectivity index is 2.05. The van der Waals surface area contributed by atoms with E-state index in [-0.39, 0.29) is 24.8 Å². The number of nitrogens with zero attached hydrogens (tertiary/aromatic N) is 2. The number of benzene rings is 3. The van der Waals surface area contributed by atoms with Gasteiger partial charge in [0.25, 0.3) is 0 Å². The first-order valence-corrected chi connectivity index (χ1v) is 16.2. The molecule has 0 saturated carbocycles. The second-order valence-electron chi connectivity index (χ2n) is 10.3. The second kappa shape index (κ2) is 15.3. The van der Waals surface area contributed by atoms with Gasteiger partial charge in [0.05, 0.1) is 18.6 Å². The van der Waals surface area contributed by atoms with E-state index >= 15 is 0 Å². The maximum absolute atomic E-state index is 14.1. The third-order valence-electron chi connectivity index (χ3n) is 6.43. The molecule has 1 atom stereocenters. The molecule has 0 radical (unpaired) electrons. The van der Waals surface area contributed by atoms with Gasteiger partial charge in [0.2, 0.25) is 21.8 Å². The lowest BCUT2D eigenvalue weighted by Gasteiger charge is -2.34. The molecule has 3 aromatic rings. The number of carbonyl (C=O) groups is 2. The molecule has 11 heteroatoms. The molecule has 0 heterocycles. The Morgan fingerprint density at radius 1 is 0.976 bits per heavy atom. The van der Waals surface area contributed by atoms with E-state index in [1.54, 1.807) is 42.5 Å². The summed E-state index contributed by atoms with van der Waals surface area (Å²) < 4.78 is 32.4. The van der Waals surface area contributed by atoms with Gasteiger partial charge in [0, 0.05) is 29.6 Å². The summed E-state index contributed by atoms with van der Waals surface area (Å²) in [5.41, 5.74) is 1.70. The standard InChI is InChI=1S/C31H37Cl2N3O5S/c1-5-41-27-15-13-26(14-16-27)36(42(4,39)40)21-30(37)35(20-24-11-12-25(32)18-28(24)33)29(31(38)34-19-22(2)3)17-23-9-7-6-8-10-23/h6-16,18,22,29H,5,17,19-21H2,1-4H3,(H,34,38). The fourth-order valence-corrected chi connectivity index (χ4v) is 5.62.